The van der Waals surface area contributed by atoms with Gasteiger partial charge in [-0.05, 0) is 56.0 Å². The molecule has 8 nitrogen and oxygen atoms in total. The van der Waals surface area contributed by atoms with Crippen molar-refractivity contribution in [3.63, 3.8) is 0 Å². The quantitative estimate of drug-likeness (QED) is 0.540. The number of nitrogen functional groups attached to an aromatic ring is 1. The van der Waals surface area contributed by atoms with Crippen molar-refractivity contribution in [3.8, 4) is 5.75 Å². The number of benzene rings is 2. The maximum absolute atomic E-state index is 13.9. The van der Waals surface area contributed by atoms with Crippen molar-refractivity contribution >= 4 is 23.5 Å². The van der Waals surface area contributed by atoms with E-state index in [-0.39, 0.29) is 24.3 Å². The highest BCUT2D eigenvalue weighted by molar-refractivity contribution is 5.95. The van der Waals surface area contributed by atoms with E-state index in [2.05, 4.69) is 20.3 Å². The highest BCUT2D eigenvalue weighted by Gasteiger charge is 2.22. The van der Waals surface area contributed by atoms with Gasteiger partial charge in [0.1, 0.15) is 18.2 Å². The van der Waals surface area contributed by atoms with Gasteiger partial charge in [-0.3, -0.25) is 4.79 Å². The van der Waals surface area contributed by atoms with Gasteiger partial charge < -0.3 is 20.7 Å². The number of nitrogens with two attached hydrogens (primary N) is 1. The van der Waals surface area contributed by atoms with Gasteiger partial charge in [0.15, 0.2) is 5.82 Å². The van der Waals surface area contributed by atoms with Gasteiger partial charge >= 0.3 is 0 Å². The number of amides is 1. The molecule has 2 aromatic carbocycles. The van der Waals surface area contributed by atoms with Crippen molar-refractivity contribution in [1.29, 1.82) is 0 Å². The number of ether oxygens (including phenoxy) is 1. The Bertz CT molecular complexity index is 1170. The Kier molecular flexibility index (Phi) is 6.67. The minimum atomic E-state index is -0.236. The summed E-state index contributed by atoms with van der Waals surface area (Å²) in [6, 6.07) is 10.7. The lowest BCUT2D eigenvalue weighted by Gasteiger charge is -2.18. The third-order valence-corrected chi connectivity index (χ3v) is 5.37. The predicted molar refractivity (Wildman–Crippen MR) is 125 cm³/mol. The molecule has 1 aromatic heterocycles. The second-order valence-corrected chi connectivity index (χ2v) is 8.15. The molecule has 0 bridgehead atoms. The summed E-state index contributed by atoms with van der Waals surface area (Å²) >= 11 is 0. The number of nitrogens with one attached hydrogen (secondary N) is 1. The summed E-state index contributed by atoms with van der Waals surface area (Å²) in [5.74, 6) is 1.25. The molecular formula is C24H27FN6O2. The summed E-state index contributed by atoms with van der Waals surface area (Å²) in [6.07, 6.45) is 1.91. The average Bonchev–Trinajstić information content (AvgIpc) is 3.20. The Labute approximate surface area is 192 Å². The first-order valence-corrected chi connectivity index (χ1v) is 10.9. The summed E-state index contributed by atoms with van der Waals surface area (Å²) in [6.45, 7) is 5.12. The second-order valence-electron chi connectivity index (χ2n) is 8.15. The number of hydrogen-bond donors (Lipinski definition) is 2. The zero-order valence-corrected chi connectivity index (χ0v) is 18.8. The van der Waals surface area contributed by atoms with Gasteiger partial charge in [-0.15, -0.1) is 0 Å². The molecule has 1 fully saturated rings. The van der Waals surface area contributed by atoms with E-state index >= 15 is 0 Å². The molecule has 2 heterocycles. The summed E-state index contributed by atoms with van der Waals surface area (Å²) in [4.78, 5) is 26.5. The maximum atomic E-state index is 13.9. The number of aryl methyl sites for hydroxylation is 2. The van der Waals surface area contributed by atoms with Crippen LogP contribution in [-0.4, -0.2) is 33.9 Å². The van der Waals surface area contributed by atoms with E-state index in [1.165, 1.54) is 6.07 Å². The molecule has 1 amide bonds. The maximum Gasteiger partial charge on any atom is 0.227 e. The van der Waals surface area contributed by atoms with E-state index in [0.29, 0.717) is 49.0 Å². The van der Waals surface area contributed by atoms with Crippen LogP contribution in [0.3, 0.4) is 0 Å². The van der Waals surface area contributed by atoms with Gasteiger partial charge in [0, 0.05) is 31.3 Å². The molecule has 3 N–H and O–H groups in total. The summed E-state index contributed by atoms with van der Waals surface area (Å²) in [5, 5.41) is 3.07. The molecule has 1 aliphatic heterocycles. The molecule has 1 saturated heterocycles. The van der Waals surface area contributed by atoms with Crippen LogP contribution < -0.4 is 20.7 Å². The van der Waals surface area contributed by atoms with Crippen LogP contribution in [-0.2, 0) is 17.8 Å². The fourth-order valence-corrected chi connectivity index (χ4v) is 3.82. The molecule has 0 unspecified atom stereocenters. The van der Waals surface area contributed by atoms with Crippen LogP contribution in [0.15, 0.2) is 36.4 Å². The van der Waals surface area contributed by atoms with Crippen LogP contribution in [0.5, 0.6) is 5.75 Å². The van der Waals surface area contributed by atoms with E-state index in [4.69, 9.17) is 10.5 Å². The Balaban J connectivity index is 1.39. The molecule has 0 spiro atoms. The number of hydrogen-bond acceptors (Lipinski definition) is 7. The standard InChI is InChI=1S/C24H27FN6O2/c1-15-5-6-20(25)17(10-15)7-8-27-24-29-21(28-23(26)30-24)14-33-19-12-16(2)11-18(13-19)31-9-3-4-22(31)32/h5-6,10-13H,3-4,7-9,14H2,1-2H3,(H3,26,27,28,29,30). The molecule has 9 heteroatoms. The normalized spacial score (nSPS) is 13.4. The Hall–Kier alpha value is -3.75. The number of carbonyl (C=O) groups is 1. The van der Waals surface area contributed by atoms with Crippen molar-refractivity contribution in [1.82, 2.24) is 15.0 Å². The number of carbonyl (C=O) groups excluding carboxylic acids is 1. The lowest BCUT2D eigenvalue weighted by atomic mass is 10.1. The molecule has 3 aromatic rings. The Morgan fingerprint density at radius 2 is 1.97 bits per heavy atom. The minimum absolute atomic E-state index is 0.0698. The molecule has 1 aliphatic rings. The average molecular weight is 451 g/mol. The van der Waals surface area contributed by atoms with Crippen LogP contribution in [0.25, 0.3) is 0 Å². The molecule has 0 saturated carbocycles. The minimum Gasteiger partial charge on any atom is -0.486 e. The fourth-order valence-electron chi connectivity index (χ4n) is 3.82. The molecule has 4 rings (SSSR count). The van der Waals surface area contributed by atoms with Crippen molar-refractivity contribution in [2.24, 2.45) is 0 Å². The smallest absolute Gasteiger partial charge is 0.227 e. The molecule has 0 aliphatic carbocycles. The zero-order chi connectivity index (χ0) is 23.4. The number of anilines is 3. The summed E-state index contributed by atoms with van der Waals surface area (Å²) < 4.78 is 19.8. The van der Waals surface area contributed by atoms with E-state index in [0.717, 1.165) is 23.2 Å². The monoisotopic (exact) mass is 450 g/mol. The highest BCUT2D eigenvalue weighted by atomic mass is 19.1. The number of nitrogens with zero attached hydrogens (tertiary/aromatic N) is 4. The number of aromatic nitrogens is 3. The second kappa shape index (κ2) is 9.81. The van der Waals surface area contributed by atoms with Gasteiger partial charge in [-0.1, -0.05) is 17.7 Å². The largest absolute Gasteiger partial charge is 0.486 e. The van der Waals surface area contributed by atoms with Crippen LogP contribution in [0.4, 0.5) is 22.0 Å². The lowest BCUT2D eigenvalue weighted by molar-refractivity contribution is -0.117. The van der Waals surface area contributed by atoms with Gasteiger partial charge in [-0.2, -0.15) is 15.0 Å². The molecule has 0 atom stereocenters. The third kappa shape index (κ3) is 5.74. The fraction of sp³-hybridized carbons (Fsp3) is 0.333. The van der Waals surface area contributed by atoms with E-state index in [1.54, 1.807) is 11.0 Å². The van der Waals surface area contributed by atoms with Crippen LogP contribution in [0, 0.1) is 19.7 Å². The van der Waals surface area contributed by atoms with Crippen LogP contribution in [0.2, 0.25) is 0 Å². The van der Waals surface area contributed by atoms with Crippen molar-refractivity contribution < 1.29 is 13.9 Å². The zero-order valence-electron chi connectivity index (χ0n) is 18.8. The highest BCUT2D eigenvalue weighted by Crippen LogP contribution is 2.27. The van der Waals surface area contributed by atoms with Gasteiger partial charge in [0.05, 0.1) is 0 Å². The van der Waals surface area contributed by atoms with Gasteiger partial charge in [0.25, 0.3) is 0 Å². The van der Waals surface area contributed by atoms with Crippen LogP contribution >= 0.6 is 0 Å². The van der Waals surface area contributed by atoms with Crippen molar-refractivity contribution in [2.45, 2.75) is 39.7 Å². The Morgan fingerprint density at radius 1 is 1.12 bits per heavy atom. The molecular weight excluding hydrogens is 423 g/mol. The SMILES string of the molecule is Cc1cc(OCc2nc(N)nc(NCCc3cc(C)ccc3F)n2)cc(N2CCCC2=O)c1. The predicted octanol–water partition coefficient (Wildman–Crippen LogP) is 3.57. The first-order chi connectivity index (χ1) is 15.9. The van der Waals surface area contributed by atoms with Crippen molar-refractivity contribution in [2.75, 3.05) is 29.0 Å². The van der Waals surface area contributed by atoms with E-state index in [1.807, 2.05) is 38.1 Å². The third-order valence-electron chi connectivity index (χ3n) is 5.37. The van der Waals surface area contributed by atoms with E-state index in [9.17, 15) is 9.18 Å². The van der Waals surface area contributed by atoms with Gasteiger partial charge in [-0.25, -0.2) is 4.39 Å². The van der Waals surface area contributed by atoms with Crippen molar-refractivity contribution in [3.05, 3.63) is 64.7 Å². The van der Waals surface area contributed by atoms with E-state index < -0.39 is 0 Å². The number of halogens is 1. The topological polar surface area (TPSA) is 106 Å². The number of rotatable bonds is 8. The Morgan fingerprint density at radius 3 is 2.76 bits per heavy atom. The molecule has 172 valence electrons. The summed E-state index contributed by atoms with van der Waals surface area (Å²) in [5.41, 5.74) is 9.28. The first-order valence-electron chi connectivity index (χ1n) is 10.9. The first kappa shape index (κ1) is 22.4. The lowest BCUT2D eigenvalue weighted by Crippen LogP contribution is -2.23. The summed E-state index contributed by atoms with van der Waals surface area (Å²) in [7, 11) is 0. The molecule has 33 heavy (non-hydrogen) atoms. The van der Waals surface area contributed by atoms with Gasteiger partial charge in [0.2, 0.25) is 17.8 Å². The molecule has 0 radical (unpaired) electrons. The van der Waals surface area contributed by atoms with Crippen LogP contribution in [0.1, 0.15) is 35.4 Å².